The molecule has 4 rings (SSSR count). The average molecular weight is 423 g/mol. The van der Waals surface area contributed by atoms with Crippen LogP contribution in [0.2, 0.25) is 0 Å². The Morgan fingerprint density at radius 3 is 2.61 bits per heavy atom. The summed E-state index contributed by atoms with van der Waals surface area (Å²) in [5, 5.41) is 7.54. The van der Waals surface area contributed by atoms with Crippen LogP contribution in [0.4, 0.5) is 4.39 Å². The monoisotopic (exact) mass is 422 g/mol. The van der Waals surface area contributed by atoms with Crippen LogP contribution in [0, 0.1) is 5.82 Å². The Kier molecular flexibility index (Phi) is 6.57. The van der Waals surface area contributed by atoms with Crippen molar-refractivity contribution in [3.8, 4) is 5.69 Å². The third-order valence-corrected chi connectivity index (χ3v) is 5.17. The van der Waals surface area contributed by atoms with Gasteiger partial charge in [-0.1, -0.05) is 24.3 Å². The Morgan fingerprint density at radius 2 is 1.94 bits per heavy atom. The number of benzene rings is 2. The van der Waals surface area contributed by atoms with E-state index in [2.05, 4.69) is 34.1 Å². The van der Waals surface area contributed by atoms with Crippen LogP contribution in [0.1, 0.15) is 31.1 Å². The molecule has 2 unspecified atom stereocenters. The molecule has 162 valence electrons. The molecule has 2 heterocycles. The summed E-state index contributed by atoms with van der Waals surface area (Å²) >= 11 is 0. The summed E-state index contributed by atoms with van der Waals surface area (Å²) in [7, 11) is 0. The highest BCUT2D eigenvalue weighted by atomic mass is 19.1. The summed E-state index contributed by atoms with van der Waals surface area (Å²) in [4.78, 5) is 11.1. The first-order chi connectivity index (χ1) is 15.1. The maximum atomic E-state index is 13.3. The molecule has 8 heteroatoms. The predicted molar refractivity (Wildman–Crippen MR) is 117 cm³/mol. The van der Waals surface area contributed by atoms with Crippen molar-refractivity contribution in [3.05, 3.63) is 78.1 Å². The molecular weight excluding hydrogens is 395 g/mol. The Balaban J connectivity index is 1.47. The van der Waals surface area contributed by atoms with E-state index in [-0.39, 0.29) is 18.0 Å². The third-order valence-electron chi connectivity index (χ3n) is 5.17. The molecule has 3 aromatic rings. The number of nitrogens with zero attached hydrogens (tertiary/aromatic N) is 5. The number of guanidine groups is 1. The number of morpholine rings is 1. The van der Waals surface area contributed by atoms with Crippen molar-refractivity contribution in [3.63, 3.8) is 0 Å². The molecule has 0 bridgehead atoms. The highest BCUT2D eigenvalue weighted by Gasteiger charge is 2.28. The molecule has 1 aromatic heterocycles. The molecule has 0 amide bonds. The van der Waals surface area contributed by atoms with Gasteiger partial charge in [-0.05, 0) is 49.2 Å². The number of aromatic nitrogens is 3. The largest absolute Gasteiger partial charge is 0.367 e. The van der Waals surface area contributed by atoms with E-state index < -0.39 is 0 Å². The van der Waals surface area contributed by atoms with E-state index in [9.17, 15) is 4.39 Å². The number of halogens is 1. The van der Waals surface area contributed by atoms with Gasteiger partial charge >= 0.3 is 0 Å². The van der Waals surface area contributed by atoms with Crippen molar-refractivity contribution >= 4 is 5.96 Å². The second-order valence-electron chi connectivity index (χ2n) is 7.57. The zero-order chi connectivity index (χ0) is 21.6. The summed E-state index contributed by atoms with van der Waals surface area (Å²) in [6, 6.07) is 14.6. The van der Waals surface area contributed by atoms with Gasteiger partial charge < -0.3 is 15.0 Å². The van der Waals surface area contributed by atoms with Gasteiger partial charge in [-0.25, -0.2) is 19.0 Å². The quantitative estimate of drug-likeness (QED) is 0.505. The van der Waals surface area contributed by atoms with E-state index in [0.29, 0.717) is 13.1 Å². The van der Waals surface area contributed by atoms with Crippen LogP contribution in [0.25, 0.3) is 5.69 Å². The summed E-state index contributed by atoms with van der Waals surface area (Å²) in [5.74, 6) is 0.610. The molecule has 0 spiro atoms. The first-order valence-electron chi connectivity index (χ1n) is 10.5. The van der Waals surface area contributed by atoms with Gasteiger partial charge in [0.1, 0.15) is 24.6 Å². The van der Waals surface area contributed by atoms with E-state index in [1.54, 1.807) is 23.1 Å². The molecule has 2 aromatic carbocycles. The van der Waals surface area contributed by atoms with Gasteiger partial charge in [0, 0.05) is 13.1 Å². The van der Waals surface area contributed by atoms with Crippen molar-refractivity contribution < 1.29 is 9.13 Å². The van der Waals surface area contributed by atoms with Crippen molar-refractivity contribution in [2.45, 2.75) is 32.6 Å². The Morgan fingerprint density at radius 1 is 1.16 bits per heavy atom. The summed E-state index contributed by atoms with van der Waals surface area (Å²) in [6.45, 7) is 6.85. The topological polar surface area (TPSA) is 67.6 Å². The standard InChI is InChI=1S/C23H27FN6O/c1-3-26-23(27-12-18-4-10-21(11-5-18)30-16-25-15-28-30)29-13-17(2)31-22(14-29)19-6-8-20(24)9-7-19/h4-11,15-17,22H,3,12-14H2,1-2H3,(H,26,27). The highest BCUT2D eigenvalue weighted by Crippen LogP contribution is 2.25. The van der Waals surface area contributed by atoms with E-state index in [1.807, 2.05) is 24.3 Å². The van der Waals surface area contributed by atoms with Crippen molar-refractivity contribution in [1.82, 2.24) is 25.0 Å². The molecule has 31 heavy (non-hydrogen) atoms. The molecule has 0 saturated carbocycles. The molecule has 1 aliphatic heterocycles. The predicted octanol–water partition coefficient (Wildman–Crippen LogP) is 3.33. The second-order valence-corrected chi connectivity index (χ2v) is 7.57. The number of nitrogens with one attached hydrogen (secondary N) is 1. The van der Waals surface area contributed by atoms with Crippen LogP contribution < -0.4 is 5.32 Å². The molecule has 1 N–H and O–H groups in total. The normalized spacial score (nSPS) is 19.5. The zero-order valence-corrected chi connectivity index (χ0v) is 17.8. The van der Waals surface area contributed by atoms with Crippen LogP contribution in [0.15, 0.2) is 66.2 Å². The highest BCUT2D eigenvalue weighted by molar-refractivity contribution is 5.80. The maximum Gasteiger partial charge on any atom is 0.194 e. The van der Waals surface area contributed by atoms with E-state index in [0.717, 1.165) is 35.9 Å². The minimum atomic E-state index is -0.241. The fraction of sp³-hybridized carbons (Fsp3) is 0.348. The Hall–Kier alpha value is -3.26. The Bertz CT molecular complexity index is 988. The first-order valence-corrected chi connectivity index (χ1v) is 10.5. The van der Waals surface area contributed by atoms with Gasteiger partial charge in [-0.3, -0.25) is 0 Å². The van der Waals surface area contributed by atoms with Gasteiger partial charge in [0.25, 0.3) is 0 Å². The van der Waals surface area contributed by atoms with Crippen LogP contribution in [-0.4, -0.2) is 51.4 Å². The van der Waals surface area contributed by atoms with Gasteiger partial charge in [0.15, 0.2) is 5.96 Å². The maximum absolute atomic E-state index is 13.3. The molecule has 1 saturated heterocycles. The van der Waals surface area contributed by atoms with Crippen LogP contribution in [-0.2, 0) is 11.3 Å². The molecule has 7 nitrogen and oxygen atoms in total. The lowest BCUT2D eigenvalue weighted by molar-refractivity contribution is -0.0605. The summed E-state index contributed by atoms with van der Waals surface area (Å²) in [5.41, 5.74) is 3.04. The summed E-state index contributed by atoms with van der Waals surface area (Å²) in [6.07, 6.45) is 3.10. The fourth-order valence-electron chi connectivity index (χ4n) is 3.67. The number of hydrogen-bond acceptors (Lipinski definition) is 4. The van der Waals surface area contributed by atoms with Crippen molar-refractivity contribution in [2.24, 2.45) is 4.99 Å². The molecule has 1 aliphatic rings. The van der Waals surface area contributed by atoms with Crippen LogP contribution >= 0.6 is 0 Å². The average Bonchev–Trinajstić information content (AvgIpc) is 3.32. The van der Waals surface area contributed by atoms with Crippen molar-refractivity contribution in [2.75, 3.05) is 19.6 Å². The lowest BCUT2D eigenvalue weighted by atomic mass is 10.1. The SMILES string of the molecule is CCNC(=NCc1ccc(-n2cncn2)cc1)N1CC(C)OC(c2ccc(F)cc2)C1. The lowest BCUT2D eigenvalue weighted by Crippen LogP contribution is -2.50. The van der Waals surface area contributed by atoms with E-state index in [4.69, 9.17) is 9.73 Å². The van der Waals surface area contributed by atoms with Gasteiger partial charge in [-0.15, -0.1) is 0 Å². The minimum absolute atomic E-state index is 0.0367. The number of rotatable bonds is 5. The second kappa shape index (κ2) is 9.70. The van der Waals surface area contributed by atoms with Gasteiger partial charge in [-0.2, -0.15) is 5.10 Å². The van der Waals surface area contributed by atoms with E-state index >= 15 is 0 Å². The molecule has 0 radical (unpaired) electrons. The van der Waals surface area contributed by atoms with Crippen LogP contribution in [0.5, 0.6) is 0 Å². The zero-order valence-electron chi connectivity index (χ0n) is 17.8. The van der Waals surface area contributed by atoms with Gasteiger partial charge in [0.05, 0.1) is 24.9 Å². The van der Waals surface area contributed by atoms with Crippen molar-refractivity contribution in [1.29, 1.82) is 0 Å². The first kappa shape index (κ1) is 21.0. The fourth-order valence-corrected chi connectivity index (χ4v) is 3.67. The number of ether oxygens (including phenoxy) is 1. The number of hydrogen-bond donors (Lipinski definition) is 1. The molecule has 0 aliphatic carbocycles. The smallest absolute Gasteiger partial charge is 0.194 e. The minimum Gasteiger partial charge on any atom is -0.367 e. The third kappa shape index (κ3) is 5.27. The van der Waals surface area contributed by atoms with E-state index in [1.165, 1.54) is 18.5 Å². The Labute approximate surface area is 181 Å². The van der Waals surface area contributed by atoms with Gasteiger partial charge in [0.2, 0.25) is 0 Å². The lowest BCUT2D eigenvalue weighted by Gasteiger charge is -2.38. The summed E-state index contributed by atoms with van der Waals surface area (Å²) < 4.78 is 21.2. The van der Waals surface area contributed by atoms with Crippen LogP contribution in [0.3, 0.4) is 0 Å². The number of aliphatic imine (C=N–C) groups is 1. The molecular formula is C23H27FN6O. The molecule has 2 atom stereocenters. The molecule has 1 fully saturated rings.